The number of rotatable bonds is 6. The van der Waals surface area contributed by atoms with E-state index in [-0.39, 0.29) is 28.2 Å². The van der Waals surface area contributed by atoms with E-state index in [1.54, 1.807) is 36.4 Å². The van der Waals surface area contributed by atoms with Gasteiger partial charge < -0.3 is 20.5 Å². The van der Waals surface area contributed by atoms with Crippen LogP contribution in [0.25, 0.3) is 0 Å². The quantitative estimate of drug-likeness (QED) is 0.443. The van der Waals surface area contributed by atoms with Gasteiger partial charge in [-0.2, -0.15) is 0 Å². The predicted molar refractivity (Wildman–Crippen MR) is 113 cm³/mol. The number of benzene rings is 3. The third kappa shape index (κ3) is 5.88. The Balaban J connectivity index is 1.65. The van der Waals surface area contributed by atoms with E-state index >= 15 is 0 Å². The molecule has 0 aromatic heterocycles. The Bertz CT molecular complexity index is 1000. The van der Waals surface area contributed by atoms with Gasteiger partial charge in [0.05, 0.1) is 16.5 Å². The highest BCUT2D eigenvalue weighted by molar-refractivity contribution is 6.37. The lowest BCUT2D eigenvalue weighted by molar-refractivity contribution is -0.136. The number of nitrogens with one attached hydrogen (secondary N) is 2. The summed E-state index contributed by atoms with van der Waals surface area (Å²) in [7, 11) is 0. The zero-order chi connectivity index (χ0) is 20.8. The fourth-order valence-electron chi connectivity index (χ4n) is 2.53. The van der Waals surface area contributed by atoms with Crippen molar-refractivity contribution in [2.24, 2.45) is 0 Å². The lowest BCUT2D eigenvalue weighted by atomic mass is 10.1. The molecular weight excluding hydrogens is 415 g/mol. The summed E-state index contributed by atoms with van der Waals surface area (Å²) >= 11 is 12.4. The molecule has 2 amide bonds. The Morgan fingerprint density at radius 1 is 0.862 bits per heavy atom. The minimum atomic E-state index is -0.981. The second-order valence-corrected chi connectivity index (χ2v) is 6.85. The van der Waals surface area contributed by atoms with Gasteiger partial charge in [-0.25, -0.2) is 4.79 Å². The number of halogens is 2. The molecule has 0 unspecified atom stereocenters. The van der Waals surface area contributed by atoms with E-state index in [4.69, 9.17) is 33.0 Å². The zero-order valence-corrected chi connectivity index (χ0v) is 16.5. The van der Waals surface area contributed by atoms with Gasteiger partial charge in [0, 0.05) is 11.4 Å². The first-order chi connectivity index (χ1) is 13.9. The van der Waals surface area contributed by atoms with Gasteiger partial charge in [0.2, 0.25) is 0 Å². The van der Waals surface area contributed by atoms with E-state index in [1.165, 1.54) is 12.1 Å². The first-order valence-electron chi connectivity index (χ1n) is 8.51. The fourth-order valence-corrected chi connectivity index (χ4v) is 3.14. The number of hydrogen-bond acceptors (Lipinski definition) is 3. The van der Waals surface area contributed by atoms with Crippen LogP contribution < -0.4 is 15.4 Å². The monoisotopic (exact) mass is 430 g/mol. The summed E-state index contributed by atoms with van der Waals surface area (Å²) in [6, 6.07) is 18.3. The van der Waals surface area contributed by atoms with Crippen molar-refractivity contribution >= 4 is 46.6 Å². The first kappa shape index (κ1) is 20.5. The van der Waals surface area contributed by atoms with Crippen molar-refractivity contribution in [2.45, 2.75) is 6.42 Å². The molecule has 3 rings (SSSR count). The van der Waals surface area contributed by atoms with Gasteiger partial charge in [-0.15, -0.1) is 0 Å². The predicted octanol–water partition coefficient (Wildman–Crippen LogP) is 6.06. The van der Waals surface area contributed by atoms with Crippen molar-refractivity contribution in [3.05, 3.63) is 82.3 Å². The van der Waals surface area contributed by atoms with Crippen LogP contribution in [0.1, 0.15) is 5.56 Å². The molecule has 0 bridgehead atoms. The molecule has 3 aromatic carbocycles. The van der Waals surface area contributed by atoms with E-state index in [9.17, 15) is 9.59 Å². The summed E-state index contributed by atoms with van der Waals surface area (Å²) in [4.78, 5) is 22.9. The van der Waals surface area contributed by atoms with Gasteiger partial charge >= 0.3 is 12.0 Å². The number of urea groups is 1. The number of aliphatic carboxylic acids is 1. The highest BCUT2D eigenvalue weighted by Crippen LogP contribution is 2.37. The fraction of sp³-hybridized carbons (Fsp3) is 0.0476. The van der Waals surface area contributed by atoms with E-state index in [1.807, 2.05) is 18.2 Å². The molecule has 6 nitrogen and oxygen atoms in total. The lowest BCUT2D eigenvalue weighted by Gasteiger charge is -2.12. The number of hydrogen-bond donors (Lipinski definition) is 3. The summed E-state index contributed by atoms with van der Waals surface area (Å²) in [5, 5.41) is 14.7. The van der Waals surface area contributed by atoms with E-state index in [0.29, 0.717) is 22.7 Å². The molecule has 0 aliphatic carbocycles. The number of anilines is 2. The second-order valence-electron chi connectivity index (χ2n) is 6.03. The molecule has 0 aliphatic rings. The molecule has 148 valence electrons. The molecule has 0 aliphatic heterocycles. The van der Waals surface area contributed by atoms with Crippen molar-refractivity contribution in [3.63, 3.8) is 0 Å². The Morgan fingerprint density at radius 3 is 1.97 bits per heavy atom. The number of amides is 2. The summed E-state index contributed by atoms with van der Waals surface area (Å²) in [5.74, 6) is -0.302. The van der Waals surface area contributed by atoms with Gasteiger partial charge in [0.25, 0.3) is 0 Å². The van der Waals surface area contributed by atoms with Crippen molar-refractivity contribution in [1.29, 1.82) is 0 Å². The Labute approximate surface area is 177 Å². The minimum Gasteiger partial charge on any atom is -0.481 e. The van der Waals surface area contributed by atoms with E-state index in [2.05, 4.69) is 10.6 Å². The molecule has 0 saturated carbocycles. The van der Waals surface area contributed by atoms with Crippen molar-refractivity contribution < 1.29 is 19.4 Å². The van der Waals surface area contributed by atoms with Crippen LogP contribution in [0.3, 0.4) is 0 Å². The summed E-state index contributed by atoms with van der Waals surface area (Å²) in [6.45, 7) is 0. The summed E-state index contributed by atoms with van der Waals surface area (Å²) in [5.41, 5.74) is 1.73. The second kappa shape index (κ2) is 9.32. The number of carboxylic acid groups (broad SMARTS) is 1. The van der Waals surface area contributed by atoms with Crippen LogP contribution in [0.4, 0.5) is 16.2 Å². The minimum absolute atomic E-state index is 0.189. The maximum absolute atomic E-state index is 12.0. The highest BCUT2D eigenvalue weighted by atomic mass is 35.5. The Morgan fingerprint density at radius 2 is 1.41 bits per heavy atom. The van der Waals surface area contributed by atoms with Gasteiger partial charge in [0.15, 0.2) is 5.75 Å². The molecule has 0 heterocycles. The van der Waals surface area contributed by atoms with Crippen molar-refractivity contribution in [1.82, 2.24) is 0 Å². The number of ether oxygens (including phenoxy) is 1. The Kier molecular flexibility index (Phi) is 6.59. The largest absolute Gasteiger partial charge is 0.481 e. The van der Waals surface area contributed by atoms with E-state index < -0.39 is 5.97 Å². The number of carbonyl (C=O) groups excluding carboxylic acids is 1. The smallest absolute Gasteiger partial charge is 0.323 e. The SMILES string of the molecule is O=C(O)Cc1cc(Cl)c(Oc2ccc(NC(=O)Nc3ccccc3)cc2)c(Cl)c1. The molecule has 0 fully saturated rings. The molecule has 0 spiro atoms. The maximum atomic E-state index is 12.0. The maximum Gasteiger partial charge on any atom is 0.323 e. The van der Waals surface area contributed by atoms with Crippen LogP contribution in [0.15, 0.2) is 66.7 Å². The van der Waals surface area contributed by atoms with Gasteiger partial charge in [-0.1, -0.05) is 41.4 Å². The van der Waals surface area contributed by atoms with Crippen LogP contribution in [0, 0.1) is 0 Å². The van der Waals surface area contributed by atoms with Crippen LogP contribution in [0.5, 0.6) is 11.5 Å². The standard InChI is InChI=1S/C21H16Cl2N2O4/c22-17-10-13(12-19(26)27)11-18(23)20(17)29-16-8-6-15(7-9-16)25-21(28)24-14-4-2-1-3-5-14/h1-11H,12H2,(H,26,27)(H2,24,25,28). The molecule has 0 atom stereocenters. The highest BCUT2D eigenvalue weighted by Gasteiger charge is 2.13. The zero-order valence-electron chi connectivity index (χ0n) is 15.0. The van der Waals surface area contributed by atoms with Gasteiger partial charge in [0.1, 0.15) is 5.75 Å². The normalized spacial score (nSPS) is 10.3. The average Bonchev–Trinajstić information content (AvgIpc) is 2.66. The first-order valence-corrected chi connectivity index (χ1v) is 9.27. The van der Waals surface area contributed by atoms with Crippen molar-refractivity contribution in [3.8, 4) is 11.5 Å². The van der Waals surface area contributed by atoms with Crippen molar-refractivity contribution in [2.75, 3.05) is 10.6 Å². The molecule has 8 heteroatoms. The van der Waals surface area contributed by atoms with Gasteiger partial charge in [-0.05, 0) is 54.1 Å². The number of carboxylic acids is 1. The third-order valence-corrected chi connectivity index (χ3v) is 4.34. The molecule has 3 aromatic rings. The lowest BCUT2D eigenvalue weighted by Crippen LogP contribution is -2.19. The average molecular weight is 431 g/mol. The molecular formula is C21H16Cl2N2O4. The van der Waals surface area contributed by atoms with Gasteiger partial charge in [-0.3, -0.25) is 4.79 Å². The molecule has 0 saturated heterocycles. The third-order valence-electron chi connectivity index (χ3n) is 3.78. The van der Waals surface area contributed by atoms with Crippen LogP contribution in [0.2, 0.25) is 10.0 Å². The van der Waals surface area contributed by atoms with Crippen LogP contribution in [-0.4, -0.2) is 17.1 Å². The summed E-state index contributed by atoms with van der Waals surface area (Å²) < 4.78 is 5.72. The Hall–Kier alpha value is -3.22. The van der Waals surface area contributed by atoms with Crippen LogP contribution >= 0.6 is 23.2 Å². The number of para-hydroxylation sites is 1. The topological polar surface area (TPSA) is 87.7 Å². The van der Waals surface area contributed by atoms with Crippen LogP contribution in [-0.2, 0) is 11.2 Å². The molecule has 3 N–H and O–H groups in total. The number of carbonyl (C=O) groups is 2. The van der Waals surface area contributed by atoms with E-state index in [0.717, 1.165) is 0 Å². The molecule has 0 radical (unpaired) electrons. The molecule has 29 heavy (non-hydrogen) atoms. The summed E-state index contributed by atoms with van der Waals surface area (Å²) in [6.07, 6.45) is -0.189.